The Bertz CT molecular complexity index is 436. The van der Waals surface area contributed by atoms with Crippen LogP contribution in [0.5, 0.6) is 0 Å². The normalized spacial score (nSPS) is 9.60. The van der Waals surface area contributed by atoms with E-state index in [2.05, 4.69) is 10.5 Å². The molecule has 80 valence electrons. The van der Waals surface area contributed by atoms with Crippen LogP contribution in [0.3, 0.4) is 0 Å². The highest BCUT2D eigenvalue weighted by molar-refractivity contribution is 5.66. The van der Waals surface area contributed by atoms with Gasteiger partial charge in [0.1, 0.15) is 5.82 Å². The van der Waals surface area contributed by atoms with E-state index in [9.17, 15) is 30.3 Å². The lowest BCUT2D eigenvalue weighted by atomic mass is 10.5. The van der Waals surface area contributed by atoms with E-state index in [1.54, 1.807) is 5.10 Å². The summed E-state index contributed by atoms with van der Waals surface area (Å²) in [6.07, 6.45) is 0. The van der Waals surface area contributed by atoms with Crippen molar-refractivity contribution in [2.45, 2.75) is 0 Å². The first-order chi connectivity index (χ1) is 6.93. The first-order valence-corrected chi connectivity index (χ1v) is 3.16. The number of rotatable bonds is 4. The second-order valence-electron chi connectivity index (χ2n) is 2.10. The molecule has 0 aliphatic rings. The number of nitro groups is 3. The molecule has 0 aliphatic carbocycles. The smallest absolute Gasteiger partial charge is 0.358 e. The van der Waals surface area contributed by atoms with Crippen LogP contribution in [-0.4, -0.2) is 25.1 Å². The summed E-state index contributed by atoms with van der Waals surface area (Å²) in [5, 5.41) is 33.9. The van der Waals surface area contributed by atoms with E-state index in [4.69, 9.17) is 0 Å². The topological polar surface area (TPSA) is 172 Å². The molecule has 1 aromatic rings. The van der Waals surface area contributed by atoms with E-state index in [1.807, 2.05) is 0 Å². The average Bonchev–Trinajstić information content (AvgIpc) is 2.46. The summed E-state index contributed by atoms with van der Waals surface area (Å²) in [4.78, 5) is 28.2. The number of aromatic amines is 1. The van der Waals surface area contributed by atoms with Crippen molar-refractivity contribution in [1.82, 2.24) is 10.2 Å². The van der Waals surface area contributed by atoms with Crippen LogP contribution < -0.4 is 0 Å². The highest BCUT2D eigenvalue weighted by Gasteiger charge is 2.31. The summed E-state index contributed by atoms with van der Waals surface area (Å²) in [6, 6.07) is 0. The van der Waals surface area contributed by atoms with Crippen molar-refractivity contribution in [3.05, 3.63) is 35.8 Å². The Hall–Kier alpha value is -2.79. The Labute approximate surface area is 79.3 Å². The molecule has 1 aromatic heterocycles. The minimum absolute atomic E-state index is 0.878. The average molecular weight is 217 g/mol. The number of H-pyrrole nitrogens is 1. The quantitative estimate of drug-likeness (QED) is 0.561. The Morgan fingerprint density at radius 2 is 1.73 bits per heavy atom. The first kappa shape index (κ1) is 10.3. The van der Waals surface area contributed by atoms with Gasteiger partial charge in [-0.25, -0.2) is 0 Å². The van der Waals surface area contributed by atoms with Crippen molar-refractivity contribution >= 4 is 17.3 Å². The predicted octanol–water partition coefficient (Wildman–Crippen LogP) is 0.423. The molecule has 0 fully saturated rings. The molecule has 0 bridgehead atoms. The molecule has 0 atom stereocenters. The summed E-state index contributed by atoms with van der Waals surface area (Å²) < 4.78 is 0. The van der Waals surface area contributed by atoms with E-state index in [1.165, 1.54) is 0 Å². The summed E-state index contributed by atoms with van der Waals surface area (Å²) >= 11 is 0. The van der Waals surface area contributed by atoms with Gasteiger partial charge in [-0.3, -0.25) is 25.3 Å². The summed E-state index contributed by atoms with van der Waals surface area (Å²) in [5.41, 5.74) is 1.40. The van der Waals surface area contributed by atoms with E-state index >= 15 is 0 Å². The van der Waals surface area contributed by atoms with Gasteiger partial charge in [0.15, 0.2) is 0 Å². The molecular formula is C3HN6O6-. The second kappa shape index (κ2) is 3.52. The molecule has 1 rings (SSSR count). The molecule has 1 heterocycles. The van der Waals surface area contributed by atoms with Gasteiger partial charge in [-0.1, -0.05) is 0 Å². The van der Waals surface area contributed by atoms with E-state index in [0.717, 1.165) is 0 Å². The lowest BCUT2D eigenvalue weighted by molar-refractivity contribution is -0.430. The van der Waals surface area contributed by atoms with Crippen molar-refractivity contribution < 1.29 is 14.9 Å². The van der Waals surface area contributed by atoms with Gasteiger partial charge in [0.05, 0.1) is 9.96 Å². The maximum Gasteiger partial charge on any atom is 0.446 e. The van der Waals surface area contributed by atoms with Gasteiger partial charge in [0.25, 0.3) is 0 Å². The van der Waals surface area contributed by atoms with Crippen LogP contribution in [0.25, 0.3) is 5.43 Å². The lowest BCUT2D eigenvalue weighted by Gasteiger charge is -1.96. The van der Waals surface area contributed by atoms with Crippen LogP contribution in [0.15, 0.2) is 0 Å². The van der Waals surface area contributed by atoms with Crippen LogP contribution >= 0.6 is 0 Å². The van der Waals surface area contributed by atoms with E-state index < -0.39 is 32.2 Å². The number of nitrogens with one attached hydrogen (secondary N) is 1. The van der Waals surface area contributed by atoms with Crippen molar-refractivity contribution in [1.29, 1.82) is 0 Å². The fourth-order valence-corrected chi connectivity index (χ4v) is 0.764. The fraction of sp³-hybridized carbons (Fsp3) is 0. The maximum atomic E-state index is 10.3. The molecule has 0 saturated carbocycles. The Kier molecular flexibility index (Phi) is 2.42. The highest BCUT2D eigenvalue weighted by atomic mass is 16.7. The zero-order chi connectivity index (χ0) is 11.6. The monoisotopic (exact) mass is 217 g/mol. The third-order valence-electron chi connectivity index (χ3n) is 1.24. The van der Waals surface area contributed by atoms with Gasteiger partial charge in [0, 0.05) is 0 Å². The number of nitrogens with zero attached hydrogens (tertiary/aromatic N) is 5. The number of hydrogen-bond donors (Lipinski definition) is 1. The Morgan fingerprint density at radius 1 is 1.13 bits per heavy atom. The molecule has 0 unspecified atom stereocenters. The second-order valence-corrected chi connectivity index (χ2v) is 2.10. The van der Waals surface area contributed by atoms with Gasteiger partial charge in [0.2, 0.25) is 0 Å². The highest BCUT2D eigenvalue weighted by Crippen LogP contribution is 2.35. The van der Waals surface area contributed by atoms with Gasteiger partial charge >= 0.3 is 11.5 Å². The molecule has 0 radical (unpaired) electrons. The van der Waals surface area contributed by atoms with E-state index in [0.29, 0.717) is 0 Å². The van der Waals surface area contributed by atoms with Gasteiger partial charge in [-0.05, 0) is 10.0 Å². The molecule has 0 aliphatic heterocycles. The van der Waals surface area contributed by atoms with Crippen molar-refractivity contribution in [2.24, 2.45) is 0 Å². The van der Waals surface area contributed by atoms with E-state index in [-0.39, 0.29) is 0 Å². The molecule has 12 heteroatoms. The molecule has 0 saturated heterocycles. The van der Waals surface area contributed by atoms with Crippen LogP contribution in [0.4, 0.5) is 17.3 Å². The molecule has 15 heavy (non-hydrogen) atoms. The summed E-state index contributed by atoms with van der Waals surface area (Å²) in [5.74, 6) is -2.00. The number of hydrogen-bond acceptors (Lipinski definition) is 7. The van der Waals surface area contributed by atoms with Crippen molar-refractivity contribution in [3.63, 3.8) is 0 Å². The molecule has 1 N–H and O–H groups in total. The fourth-order valence-electron chi connectivity index (χ4n) is 0.764. The molecule has 12 nitrogen and oxygen atoms in total. The van der Waals surface area contributed by atoms with Gasteiger partial charge in [-0.15, -0.1) is 5.43 Å². The third-order valence-corrected chi connectivity index (χ3v) is 1.24. The Balaban J connectivity index is 3.24. The van der Waals surface area contributed by atoms with Crippen LogP contribution in [-0.2, 0) is 0 Å². The van der Waals surface area contributed by atoms with Gasteiger partial charge < -0.3 is 10.1 Å². The van der Waals surface area contributed by atoms with Crippen LogP contribution in [0.2, 0.25) is 0 Å². The summed E-state index contributed by atoms with van der Waals surface area (Å²) in [7, 11) is 0. The van der Waals surface area contributed by atoms with Crippen molar-refractivity contribution in [2.75, 3.05) is 0 Å². The molecule has 0 amide bonds. The zero-order valence-corrected chi connectivity index (χ0v) is 6.69. The molecule has 0 aromatic carbocycles. The minimum atomic E-state index is -1.23. The standard InChI is InChI=1S/C3HN6O6/c10-7(11)1-2(6-9(14)15)4-5-3(1)8(12)13/h(H-,4,5,6)/q-1. The summed E-state index contributed by atoms with van der Waals surface area (Å²) in [6.45, 7) is 0. The SMILES string of the molecule is O=[N+]([O-])[N-]c1[nH]nc([N+](=O)[O-])c1[N+](=O)[O-]. The maximum absolute atomic E-state index is 10.3. The van der Waals surface area contributed by atoms with Crippen LogP contribution in [0.1, 0.15) is 0 Å². The van der Waals surface area contributed by atoms with Crippen molar-refractivity contribution in [3.8, 4) is 0 Å². The zero-order valence-electron chi connectivity index (χ0n) is 6.69. The van der Waals surface area contributed by atoms with Crippen LogP contribution in [0, 0.1) is 30.3 Å². The molecule has 0 spiro atoms. The number of aromatic nitrogens is 2. The molecular weight excluding hydrogens is 216 g/mol. The first-order valence-electron chi connectivity index (χ1n) is 3.16. The largest absolute Gasteiger partial charge is 0.446 e. The predicted molar refractivity (Wildman–Crippen MR) is 41.9 cm³/mol. The Morgan fingerprint density at radius 3 is 2.13 bits per heavy atom. The minimum Gasteiger partial charge on any atom is -0.358 e. The lowest BCUT2D eigenvalue weighted by Crippen LogP contribution is -1.95. The third kappa shape index (κ3) is 1.93. The van der Waals surface area contributed by atoms with Gasteiger partial charge in [-0.2, -0.15) is 0 Å².